The summed E-state index contributed by atoms with van der Waals surface area (Å²) in [4.78, 5) is 8.08. The Morgan fingerprint density at radius 3 is 2.19 bits per heavy atom. The number of nitrogens with one attached hydrogen (secondary N) is 1. The van der Waals surface area contributed by atoms with Crippen molar-refractivity contribution in [2.75, 3.05) is 11.2 Å². The number of hydrogen-bond acceptors (Lipinski definition) is 6. The van der Waals surface area contributed by atoms with Crippen LogP contribution in [0.4, 0.5) is 11.8 Å². The SMILES string of the molecule is CCC.CCC(C)O.NNc1nc(N)c2ccccc2n1. The van der Waals surface area contributed by atoms with Crippen LogP contribution >= 0.6 is 0 Å². The van der Waals surface area contributed by atoms with Gasteiger partial charge in [0, 0.05) is 5.39 Å². The summed E-state index contributed by atoms with van der Waals surface area (Å²) in [6, 6.07) is 7.49. The van der Waals surface area contributed by atoms with Gasteiger partial charge in [0.05, 0.1) is 11.6 Å². The molecule has 0 aliphatic heterocycles. The highest BCUT2D eigenvalue weighted by atomic mass is 16.3. The lowest BCUT2D eigenvalue weighted by atomic mass is 10.2. The Kier molecular flexibility index (Phi) is 9.83. The predicted octanol–water partition coefficient (Wildman–Crippen LogP) is 2.69. The number of para-hydroxylation sites is 1. The van der Waals surface area contributed by atoms with E-state index in [9.17, 15) is 0 Å². The van der Waals surface area contributed by atoms with Crippen molar-refractivity contribution in [2.45, 2.75) is 46.6 Å². The lowest BCUT2D eigenvalue weighted by Gasteiger charge is -2.03. The smallest absolute Gasteiger partial charge is 0.239 e. The maximum atomic E-state index is 8.36. The fraction of sp³-hybridized carbons (Fsp3) is 0.467. The van der Waals surface area contributed by atoms with E-state index in [0.29, 0.717) is 11.8 Å². The summed E-state index contributed by atoms with van der Waals surface area (Å²) in [6.45, 7) is 7.98. The van der Waals surface area contributed by atoms with Gasteiger partial charge in [-0.15, -0.1) is 0 Å². The molecule has 1 heterocycles. The number of rotatable bonds is 2. The third kappa shape index (κ3) is 7.43. The fourth-order valence-electron chi connectivity index (χ4n) is 1.17. The summed E-state index contributed by atoms with van der Waals surface area (Å²) in [5.41, 5.74) is 8.82. The number of benzene rings is 1. The van der Waals surface area contributed by atoms with Crippen LogP contribution in [-0.2, 0) is 0 Å². The van der Waals surface area contributed by atoms with Gasteiger partial charge in [0.25, 0.3) is 0 Å². The van der Waals surface area contributed by atoms with Crippen molar-refractivity contribution in [1.82, 2.24) is 9.97 Å². The van der Waals surface area contributed by atoms with Crippen molar-refractivity contribution in [3.8, 4) is 0 Å². The Hall–Kier alpha value is -1.92. The van der Waals surface area contributed by atoms with E-state index in [2.05, 4.69) is 29.2 Å². The van der Waals surface area contributed by atoms with Gasteiger partial charge in [-0.2, -0.15) is 4.98 Å². The van der Waals surface area contributed by atoms with Crippen LogP contribution in [-0.4, -0.2) is 21.2 Å². The second-order valence-corrected chi connectivity index (χ2v) is 4.56. The number of nitrogens with two attached hydrogens (primary N) is 2. The topological polar surface area (TPSA) is 110 Å². The van der Waals surface area contributed by atoms with E-state index < -0.39 is 0 Å². The van der Waals surface area contributed by atoms with Gasteiger partial charge < -0.3 is 10.8 Å². The molecule has 1 aromatic carbocycles. The molecule has 0 saturated heterocycles. The van der Waals surface area contributed by atoms with E-state index in [0.717, 1.165) is 17.3 Å². The Balaban J connectivity index is 0.000000422. The summed E-state index contributed by atoms with van der Waals surface area (Å²) < 4.78 is 0. The minimum Gasteiger partial charge on any atom is -0.393 e. The molecule has 6 N–H and O–H groups in total. The van der Waals surface area contributed by atoms with Crippen LogP contribution in [0.1, 0.15) is 40.5 Å². The third-order valence-corrected chi connectivity index (χ3v) is 2.35. The van der Waals surface area contributed by atoms with Crippen molar-refractivity contribution >= 4 is 22.7 Å². The number of hydrogen-bond donors (Lipinski definition) is 4. The minimum absolute atomic E-state index is 0.116. The van der Waals surface area contributed by atoms with Gasteiger partial charge in [-0.3, -0.25) is 5.43 Å². The highest BCUT2D eigenvalue weighted by Gasteiger charge is 2.01. The number of fused-ring (bicyclic) bond motifs is 1. The zero-order valence-electron chi connectivity index (χ0n) is 13.3. The fourth-order valence-corrected chi connectivity index (χ4v) is 1.17. The van der Waals surface area contributed by atoms with Gasteiger partial charge in [-0.25, -0.2) is 10.8 Å². The monoisotopic (exact) mass is 293 g/mol. The van der Waals surface area contributed by atoms with Gasteiger partial charge in [-0.1, -0.05) is 39.3 Å². The van der Waals surface area contributed by atoms with Crippen molar-refractivity contribution in [2.24, 2.45) is 5.84 Å². The first-order valence-corrected chi connectivity index (χ1v) is 7.16. The highest BCUT2D eigenvalue weighted by molar-refractivity contribution is 5.88. The molecule has 1 aromatic heterocycles. The maximum absolute atomic E-state index is 8.36. The molecule has 2 aromatic rings. The van der Waals surface area contributed by atoms with Crippen LogP contribution < -0.4 is 17.0 Å². The van der Waals surface area contributed by atoms with E-state index in [4.69, 9.17) is 16.7 Å². The quantitative estimate of drug-likeness (QED) is 0.500. The molecule has 6 nitrogen and oxygen atoms in total. The summed E-state index contributed by atoms with van der Waals surface area (Å²) in [5, 5.41) is 9.20. The molecule has 0 radical (unpaired) electrons. The summed E-state index contributed by atoms with van der Waals surface area (Å²) in [7, 11) is 0. The maximum Gasteiger partial charge on any atom is 0.239 e. The van der Waals surface area contributed by atoms with Gasteiger partial charge in [0.2, 0.25) is 5.95 Å². The number of aliphatic hydroxyl groups is 1. The number of aromatic nitrogens is 2. The van der Waals surface area contributed by atoms with E-state index in [1.54, 1.807) is 6.92 Å². The highest BCUT2D eigenvalue weighted by Crippen LogP contribution is 2.17. The number of nitrogens with zero attached hydrogens (tertiary/aromatic N) is 2. The normalized spacial score (nSPS) is 10.8. The molecule has 21 heavy (non-hydrogen) atoms. The molecular formula is C15H27N5O. The summed E-state index contributed by atoms with van der Waals surface area (Å²) >= 11 is 0. The van der Waals surface area contributed by atoms with E-state index in [1.807, 2.05) is 31.2 Å². The second-order valence-electron chi connectivity index (χ2n) is 4.56. The lowest BCUT2D eigenvalue weighted by molar-refractivity contribution is 0.191. The van der Waals surface area contributed by atoms with Gasteiger partial charge in [0.1, 0.15) is 5.82 Å². The molecule has 0 amide bonds. The molecule has 0 saturated carbocycles. The van der Waals surface area contributed by atoms with Crippen molar-refractivity contribution < 1.29 is 5.11 Å². The zero-order chi connectivity index (χ0) is 16.3. The molecule has 118 valence electrons. The molecular weight excluding hydrogens is 266 g/mol. The molecule has 0 aliphatic rings. The van der Waals surface area contributed by atoms with Crippen LogP contribution in [0.2, 0.25) is 0 Å². The van der Waals surface area contributed by atoms with Crippen LogP contribution in [0.25, 0.3) is 10.9 Å². The van der Waals surface area contributed by atoms with E-state index >= 15 is 0 Å². The number of nitrogen functional groups attached to an aromatic ring is 2. The molecule has 1 atom stereocenters. The van der Waals surface area contributed by atoms with Crippen LogP contribution in [0, 0.1) is 0 Å². The molecule has 0 spiro atoms. The van der Waals surface area contributed by atoms with Crippen LogP contribution in [0.3, 0.4) is 0 Å². The van der Waals surface area contributed by atoms with Crippen molar-refractivity contribution in [3.05, 3.63) is 24.3 Å². The number of hydrazine groups is 1. The standard InChI is InChI=1S/C8H9N5.C4H10O.C3H8/c9-7-5-3-1-2-4-6(5)11-8(12-7)13-10;1-3-4(2)5;1-3-2/h1-4H,10H2,(H3,9,11,12,13);4-5H,3H2,1-2H3;3H2,1-2H3. The average Bonchev–Trinajstić information content (AvgIpc) is 2.48. The lowest BCUT2D eigenvalue weighted by Crippen LogP contribution is -2.11. The second kappa shape index (κ2) is 10.8. The molecule has 0 bridgehead atoms. The molecule has 0 fully saturated rings. The Bertz CT molecular complexity index is 516. The molecule has 1 unspecified atom stereocenters. The summed E-state index contributed by atoms with van der Waals surface area (Å²) in [5.74, 6) is 5.94. The molecule has 0 aliphatic carbocycles. The Labute approximate surface area is 126 Å². The molecule has 6 heteroatoms. The first-order chi connectivity index (χ1) is 9.99. The number of anilines is 2. The van der Waals surface area contributed by atoms with Crippen LogP contribution in [0.15, 0.2) is 24.3 Å². The van der Waals surface area contributed by atoms with Gasteiger partial charge >= 0.3 is 0 Å². The van der Waals surface area contributed by atoms with Crippen molar-refractivity contribution in [1.29, 1.82) is 0 Å². The largest absolute Gasteiger partial charge is 0.393 e. The Morgan fingerprint density at radius 1 is 1.19 bits per heavy atom. The average molecular weight is 293 g/mol. The van der Waals surface area contributed by atoms with Gasteiger partial charge in [0.15, 0.2) is 0 Å². The van der Waals surface area contributed by atoms with Crippen molar-refractivity contribution in [3.63, 3.8) is 0 Å². The first kappa shape index (κ1) is 19.1. The summed E-state index contributed by atoms with van der Waals surface area (Å²) in [6.07, 6.45) is 2.00. The van der Waals surface area contributed by atoms with Crippen LogP contribution in [0.5, 0.6) is 0 Å². The predicted molar refractivity (Wildman–Crippen MR) is 89.7 cm³/mol. The van der Waals surface area contributed by atoms with Gasteiger partial charge in [-0.05, 0) is 25.5 Å². The zero-order valence-corrected chi connectivity index (χ0v) is 13.3. The molecule has 2 rings (SSSR count). The minimum atomic E-state index is -0.116. The third-order valence-electron chi connectivity index (χ3n) is 2.35. The number of aliphatic hydroxyl groups excluding tert-OH is 1. The van der Waals surface area contributed by atoms with E-state index in [-0.39, 0.29) is 6.10 Å². The first-order valence-electron chi connectivity index (χ1n) is 7.16. The Morgan fingerprint density at radius 2 is 1.71 bits per heavy atom. The van der Waals surface area contributed by atoms with E-state index in [1.165, 1.54) is 6.42 Å².